The van der Waals surface area contributed by atoms with Gasteiger partial charge in [-0.3, -0.25) is 10.6 Å². The van der Waals surface area contributed by atoms with E-state index in [0.29, 0.717) is 0 Å². The number of unbranched alkanes of at least 4 members (excludes halogenated alkanes) is 2. The first-order chi connectivity index (χ1) is 5.16. The van der Waals surface area contributed by atoms with Gasteiger partial charge in [-0.1, -0.05) is 19.8 Å². The van der Waals surface area contributed by atoms with Crippen molar-refractivity contribution in [1.29, 1.82) is 0 Å². The highest BCUT2D eigenvalue weighted by Crippen LogP contribution is 1.93. The summed E-state index contributed by atoms with van der Waals surface area (Å²) in [4.78, 5) is 10.3. The van der Waals surface area contributed by atoms with Crippen molar-refractivity contribution in [2.45, 2.75) is 26.2 Å². The molecule has 0 spiro atoms. The van der Waals surface area contributed by atoms with E-state index in [4.69, 9.17) is 11.6 Å². The average Bonchev–Trinajstić information content (AvgIpc) is 1.86. The molecule has 0 aliphatic rings. The van der Waals surface area contributed by atoms with Crippen molar-refractivity contribution < 1.29 is 4.79 Å². The maximum Gasteiger partial charge on any atom is 0.233 e. The fourth-order valence-corrected chi connectivity index (χ4v) is 0.844. The van der Waals surface area contributed by atoms with Crippen molar-refractivity contribution in [3.8, 4) is 0 Å². The summed E-state index contributed by atoms with van der Waals surface area (Å²) in [6.45, 7) is 3.02. The second-order valence-electron chi connectivity index (χ2n) is 2.64. The van der Waals surface area contributed by atoms with Crippen molar-refractivity contribution in [2.24, 2.45) is 11.6 Å². The number of carbonyl (C=O) groups is 1. The van der Waals surface area contributed by atoms with Gasteiger partial charge in [0.05, 0.1) is 6.54 Å². The van der Waals surface area contributed by atoms with Crippen LogP contribution >= 0.6 is 0 Å². The summed E-state index contributed by atoms with van der Waals surface area (Å²) in [5.41, 5.74) is 4.94. The lowest BCUT2D eigenvalue weighted by Crippen LogP contribution is -2.39. The molecule has 0 heterocycles. The van der Waals surface area contributed by atoms with E-state index in [1.807, 2.05) is 0 Å². The third-order valence-corrected chi connectivity index (χ3v) is 1.41. The lowest BCUT2D eigenvalue weighted by atomic mass is 10.2. The predicted molar refractivity (Wildman–Crippen MR) is 44.5 cm³/mol. The standard InChI is InChI=1S/C7H17N3O/c1-2-3-4-5-10(9)6-7(8)11/h2-6,9H2,1H3,(H2,8,11). The lowest BCUT2D eigenvalue weighted by Gasteiger charge is -2.12. The number of hydrogen-bond acceptors (Lipinski definition) is 3. The second-order valence-corrected chi connectivity index (χ2v) is 2.64. The third-order valence-electron chi connectivity index (χ3n) is 1.41. The molecule has 0 unspecified atom stereocenters. The Kier molecular flexibility index (Phi) is 5.78. The van der Waals surface area contributed by atoms with Gasteiger partial charge in [-0.15, -0.1) is 0 Å². The molecule has 0 saturated carbocycles. The number of amides is 1. The number of nitrogens with zero attached hydrogens (tertiary/aromatic N) is 1. The van der Waals surface area contributed by atoms with Crippen molar-refractivity contribution >= 4 is 5.91 Å². The quantitative estimate of drug-likeness (QED) is 0.321. The minimum Gasteiger partial charge on any atom is -0.369 e. The molecular weight excluding hydrogens is 142 g/mol. The molecule has 0 aliphatic heterocycles. The fourth-order valence-electron chi connectivity index (χ4n) is 0.844. The molecule has 0 aromatic heterocycles. The van der Waals surface area contributed by atoms with Gasteiger partial charge in [-0.05, 0) is 6.42 Å². The third kappa shape index (κ3) is 7.29. The van der Waals surface area contributed by atoms with Gasteiger partial charge in [-0.25, -0.2) is 5.01 Å². The zero-order valence-corrected chi connectivity index (χ0v) is 7.05. The summed E-state index contributed by atoms with van der Waals surface area (Å²) in [5, 5.41) is 1.46. The lowest BCUT2D eigenvalue weighted by molar-refractivity contribution is -0.119. The van der Waals surface area contributed by atoms with Gasteiger partial charge in [0.2, 0.25) is 5.91 Å². The first-order valence-corrected chi connectivity index (χ1v) is 3.94. The second kappa shape index (κ2) is 6.12. The molecule has 0 rings (SSSR count). The topological polar surface area (TPSA) is 72.3 Å². The van der Waals surface area contributed by atoms with Crippen LogP contribution in [0.25, 0.3) is 0 Å². The van der Waals surface area contributed by atoms with Crippen LogP contribution in [-0.4, -0.2) is 24.0 Å². The Balaban J connectivity index is 3.22. The van der Waals surface area contributed by atoms with E-state index in [9.17, 15) is 4.79 Å². The van der Waals surface area contributed by atoms with Gasteiger partial charge >= 0.3 is 0 Å². The Morgan fingerprint density at radius 2 is 2.09 bits per heavy atom. The number of hydrazine groups is 1. The first-order valence-electron chi connectivity index (χ1n) is 3.94. The van der Waals surface area contributed by atoms with Gasteiger partial charge in [-0.2, -0.15) is 0 Å². The summed E-state index contributed by atoms with van der Waals surface area (Å²) in [6.07, 6.45) is 3.33. The average molecular weight is 159 g/mol. The maximum atomic E-state index is 10.3. The molecule has 4 nitrogen and oxygen atoms in total. The van der Waals surface area contributed by atoms with Gasteiger partial charge in [0.25, 0.3) is 0 Å². The maximum absolute atomic E-state index is 10.3. The van der Waals surface area contributed by atoms with Crippen LogP contribution in [0.15, 0.2) is 0 Å². The molecule has 0 bridgehead atoms. The Labute approximate surface area is 67.5 Å². The molecule has 0 fully saturated rings. The number of nitrogens with two attached hydrogens (primary N) is 2. The summed E-state index contributed by atoms with van der Waals surface area (Å²) in [7, 11) is 0. The van der Waals surface area contributed by atoms with E-state index in [1.54, 1.807) is 0 Å². The van der Waals surface area contributed by atoms with Crippen molar-refractivity contribution in [3.05, 3.63) is 0 Å². The molecule has 4 heteroatoms. The van der Waals surface area contributed by atoms with E-state index in [1.165, 1.54) is 5.01 Å². The smallest absolute Gasteiger partial charge is 0.233 e. The van der Waals surface area contributed by atoms with E-state index in [2.05, 4.69) is 6.92 Å². The van der Waals surface area contributed by atoms with Crippen molar-refractivity contribution in [3.63, 3.8) is 0 Å². The largest absolute Gasteiger partial charge is 0.369 e. The molecule has 0 radical (unpaired) electrons. The number of carbonyl (C=O) groups excluding carboxylic acids is 1. The molecule has 11 heavy (non-hydrogen) atoms. The van der Waals surface area contributed by atoms with Gasteiger partial charge in [0, 0.05) is 6.54 Å². The Morgan fingerprint density at radius 1 is 1.45 bits per heavy atom. The highest BCUT2D eigenvalue weighted by atomic mass is 16.1. The summed E-state index contributed by atoms with van der Waals surface area (Å²) in [6, 6.07) is 0. The Bertz CT molecular complexity index is 116. The number of hydrogen-bond donors (Lipinski definition) is 2. The molecule has 0 aliphatic carbocycles. The zero-order chi connectivity index (χ0) is 8.69. The van der Waals surface area contributed by atoms with Gasteiger partial charge < -0.3 is 5.73 Å². The Morgan fingerprint density at radius 3 is 2.55 bits per heavy atom. The fraction of sp³-hybridized carbons (Fsp3) is 0.857. The monoisotopic (exact) mass is 159 g/mol. The highest BCUT2D eigenvalue weighted by molar-refractivity contribution is 5.75. The normalized spacial score (nSPS) is 10.5. The molecule has 0 aromatic carbocycles. The van der Waals surface area contributed by atoms with E-state index < -0.39 is 0 Å². The van der Waals surface area contributed by atoms with E-state index >= 15 is 0 Å². The molecule has 4 N–H and O–H groups in total. The van der Waals surface area contributed by atoms with Gasteiger partial charge in [0.1, 0.15) is 0 Å². The minimum absolute atomic E-state index is 0.156. The van der Waals surface area contributed by atoms with E-state index in [-0.39, 0.29) is 12.5 Å². The molecule has 0 aromatic rings. The molecule has 0 saturated heterocycles. The van der Waals surface area contributed by atoms with Crippen LogP contribution in [0.4, 0.5) is 0 Å². The minimum atomic E-state index is -0.371. The highest BCUT2D eigenvalue weighted by Gasteiger charge is 2.00. The van der Waals surface area contributed by atoms with Crippen molar-refractivity contribution in [1.82, 2.24) is 5.01 Å². The van der Waals surface area contributed by atoms with Crippen LogP contribution in [-0.2, 0) is 4.79 Å². The van der Waals surface area contributed by atoms with Crippen LogP contribution in [0.3, 0.4) is 0 Å². The SMILES string of the molecule is CCCCCN(N)CC(N)=O. The molecular formula is C7H17N3O. The molecule has 1 amide bonds. The van der Waals surface area contributed by atoms with Crippen LogP contribution in [0.5, 0.6) is 0 Å². The van der Waals surface area contributed by atoms with Crippen molar-refractivity contribution in [2.75, 3.05) is 13.1 Å². The van der Waals surface area contributed by atoms with Crippen LogP contribution < -0.4 is 11.6 Å². The zero-order valence-electron chi connectivity index (χ0n) is 7.05. The van der Waals surface area contributed by atoms with Crippen LogP contribution in [0, 0.1) is 0 Å². The Hall–Kier alpha value is -0.610. The van der Waals surface area contributed by atoms with E-state index in [0.717, 1.165) is 25.8 Å². The first kappa shape index (κ1) is 10.4. The number of primary amides is 1. The predicted octanol–water partition coefficient (Wildman–Crippen LogP) is -0.162. The molecule has 66 valence electrons. The van der Waals surface area contributed by atoms with Gasteiger partial charge in [0.15, 0.2) is 0 Å². The van der Waals surface area contributed by atoms with Crippen LogP contribution in [0.1, 0.15) is 26.2 Å². The summed E-state index contributed by atoms with van der Waals surface area (Å²) >= 11 is 0. The summed E-state index contributed by atoms with van der Waals surface area (Å²) < 4.78 is 0. The summed E-state index contributed by atoms with van der Waals surface area (Å²) in [5.74, 6) is 5.08. The van der Waals surface area contributed by atoms with Crippen LogP contribution in [0.2, 0.25) is 0 Å². The number of rotatable bonds is 6. The molecule has 0 atom stereocenters.